The summed E-state index contributed by atoms with van der Waals surface area (Å²) < 4.78 is 41.3. The Hall–Kier alpha value is -0.980. The van der Waals surface area contributed by atoms with Crippen molar-refractivity contribution in [2.75, 3.05) is 12.8 Å². The molecule has 7 heteroatoms. The number of methoxy groups -OCH3 is 1. The number of pyridine rings is 1. The maximum atomic E-state index is 12.2. The maximum Gasteiger partial charge on any atom is 0.433 e. The average molecular weight is 271 g/mol. The van der Waals surface area contributed by atoms with Crippen LogP contribution in [0.2, 0.25) is 0 Å². The molecule has 0 spiro atoms. The molecule has 0 bridgehead atoms. The highest BCUT2D eigenvalue weighted by Gasteiger charge is 2.34. The summed E-state index contributed by atoms with van der Waals surface area (Å²) in [6.45, 7) is 0. The third kappa shape index (κ3) is 2.09. The Morgan fingerprint density at radius 1 is 1.50 bits per heavy atom. The molecule has 1 aromatic heterocycles. The molecule has 0 aliphatic rings. The van der Waals surface area contributed by atoms with E-state index < -0.39 is 11.9 Å². The zero-order valence-electron chi connectivity index (χ0n) is 7.02. The second-order valence-corrected chi connectivity index (χ2v) is 3.16. The van der Waals surface area contributed by atoms with Gasteiger partial charge < -0.3 is 10.5 Å². The first kappa shape index (κ1) is 11.1. The zero-order valence-corrected chi connectivity index (χ0v) is 8.61. The minimum atomic E-state index is -4.51. The molecular weight excluding hydrogens is 265 g/mol. The first-order chi connectivity index (χ1) is 6.36. The normalized spacial score (nSPS) is 11.5. The Bertz CT molecular complexity index is 354. The van der Waals surface area contributed by atoms with Crippen molar-refractivity contribution in [3.05, 3.63) is 16.4 Å². The van der Waals surface area contributed by atoms with Crippen LogP contribution in [0.1, 0.15) is 5.69 Å². The molecule has 0 saturated heterocycles. The van der Waals surface area contributed by atoms with Gasteiger partial charge in [-0.15, -0.1) is 0 Å². The van der Waals surface area contributed by atoms with Gasteiger partial charge in [0, 0.05) is 6.07 Å². The number of ether oxygens (including phenoxy) is 1. The van der Waals surface area contributed by atoms with Crippen LogP contribution in [0.15, 0.2) is 10.7 Å². The molecule has 0 aliphatic heterocycles. The van der Waals surface area contributed by atoms with E-state index in [9.17, 15) is 13.2 Å². The fourth-order valence-corrected chi connectivity index (χ4v) is 1.20. The van der Waals surface area contributed by atoms with E-state index in [1.165, 1.54) is 7.11 Å². The molecule has 0 radical (unpaired) electrons. The summed E-state index contributed by atoms with van der Waals surface area (Å²) in [5.41, 5.74) is 4.40. The molecule has 0 aromatic carbocycles. The summed E-state index contributed by atoms with van der Waals surface area (Å²) in [4.78, 5) is 3.24. The summed E-state index contributed by atoms with van der Waals surface area (Å²) >= 11 is 2.81. The maximum absolute atomic E-state index is 12.2. The molecule has 3 nitrogen and oxygen atoms in total. The first-order valence-corrected chi connectivity index (χ1v) is 4.22. The van der Waals surface area contributed by atoms with E-state index in [4.69, 9.17) is 5.73 Å². The third-order valence-corrected chi connectivity index (χ3v) is 2.09. The number of nitrogen functional groups attached to an aromatic ring is 1. The predicted molar refractivity (Wildman–Crippen MR) is 47.9 cm³/mol. The van der Waals surface area contributed by atoms with E-state index in [1.54, 1.807) is 0 Å². The first-order valence-electron chi connectivity index (χ1n) is 3.43. The standard InChI is InChI=1S/C7H6BrF3N2O/c1-14-3-2-4(7(9,10)11)13-6(8)5(3)12/h2H,12H2,1H3. The summed E-state index contributed by atoms with van der Waals surface area (Å²) in [6.07, 6.45) is -4.51. The van der Waals surface area contributed by atoms with Crippen LogP contribution in [-0.2, 0) is 6.18 Å². The Morgan fingerprint density at radius 2 is 2.07 bits per heavy atom. The van der Waals surface area contributed by atoms with Crippen LogP contribution in [0.3, 0.4) is 0 Å². The van der Waals surface area contributed by atoms with Crippen molar-refractivity contribution >= 4 is 21.6 Å². The molecule has 0 fully saturated rings. The molecule has 0 atom stereocenters. The van der Waals surface area contributed by atoms with Gasteiger partial charge in [0.25, 0.3) is 0 Å². The smallest absolute Gasteiger partial charge is 0.433 e. The fourth-order valence-electron chi connectivity index (χ4n) is 0.816. The largest absolute Gasteiger partial charge is 0.494 e. The van der Waals surface area contributed by atoms with Crippen molar-refractivity contribution in [3.8, 4) is 5.75 Å². The Balaban J connectivity index is 3.30. The molecule has 0 unspecified atom stereocenters. The average Bonchev–Trinajstić information content (AvgIpc) is 2.07. The van der Waals surface area contributed by atoms with E-state index >= 15 is 0 Å². The van der Waals surface area contributed by atoms with Crippen LogP contribution in [0, 0.1) is 0 Å². The predicted octanol–water partition coefficient (Wildman–Crippen LogP) is 2.45. The van der Waals surface area contributed by atoms with Gasteiger partial charge in [-0.2, -0.15) is 13.2 Å². The van der Waals surface area contributed by atoms with Gasteiger partial charge in [0.15, 0.2) is 0 Å². The molecule has 1 rings (SSSR count). The highest BCUT2D eigenvalue weighted by Crippen LogP contribution is 2.35. The van der Waals surface area contributed by atoms with Crippen molar-refractivity contribution in [2.24, 2.45) is 0 Å². The molecule has 0 amide bonds. The molecule has 0 aliphatic carbocycles. The number of anilines is 1. The van der Waals surface area contributed by atoms with E-state index in [-0.39, 0.29) is 16.0 Å². The van der Waals surface area contributed by atoms with Gasteiger partial charge in [0.05, 0.1) is 7.11 Å². The fraction of sp³-hybridized carbons (Fsp3) is 0.286. The molecule has 1 heterocycles. The minimum Gasteiger partial charge on any atom is -0.494 e. The summed E-state index contributed by atoms with van der Waals surface area (Å²) in [5.74, 6) is -0.0563. The Kier molecular flexibility index (Phi) is 2.89. The number of nitrogens with two attached hydrogens (primary N) is 1. The zero-order chi connectivity index (χ0) is 10.9. The number of hydrogen-bond donors (Lipinski definition) is 1. The van der Waals surface area contributed by atoms with Gasteiger partial charge in [0.2, 0.25) is 0 Å². The van der Waals surface area contributed by atoms with Crippen molar-refractivity contribution in [1.29, 1.82) is 0 Å². The quantitative estimate of drug-likeness (QED) is 0.798. The summed E-state index contributed by atoms with van der Waals surface area (Å²) in [5, 5.41) is 0. The highest BCUT2D eigenvalue weighted by molar-refractivity contribution is 9.10. The number of halogens is 4. The van der Waals surface area contributed by atoms with Crippen molar-refractivity contribution in [2.45, 2.75) is 6.18 Å². The van der Waals surface area contributed by atoms with Crippen LogP contribution >= 0.6 is 15.9 Å². The van der Waals surface area contributed by atoms with Gasteiger partial charge in [-0.05, 0) is 15.9 Å². The van der Waals surface area contributed by atoms with Crippen LogP contribution in [0.5, 0.6) is 5.75 Å². The van der Waals surface area contributed by atoms with Gasteiger partial charge in [0.1, 0.15) is 21.7 Å². The van der Waals surface area contributed by atoms with E-state index in [0.717, 1.165) is 6.07 Å². The van der Waals surface area contributed by atoms with Crippen LogP contribution < -0.4 is 10.5 Å². The lowest BCUT2D eigenvalue weighted by atomic mass is 10.3. The lowest BCUT2D eigenvalue weighted by Crippen LogP contribution is -2.09. The van der Waals surface area contributed by atoms with Gasteiger partial charge >= 0.3 is 6.18 Å². The van der Waals surface area contributed by atoms with E-state index in [1.807, 2.05) is 0 Å². The van der Waals surface area contributed by atoms with E-state index in [0.29, 0.717) is 0 Å². The Labute approximate surface area is 86.2 Å². The topological polar surface area (TPSA) is 48.1 Å². The molecule has 78 valence electrons. The van der Waals surface area contributed by atoms with Crippen LogP contribution in [0.4, 0.5) is 18.9 Å². The molecule has 1 aromatic rings. The lowest BCUT2D eigenvalue weighted by molar-refractivity contribution is -0.141. The van der Waals surface area contributed by atoms with Crippen molar-refractivity contribution < 1.29 is 17.9 Å². The third-order valence-electron chi connectivity index (χ3n) is 1.48. The number of aromatic nitrogens is 1. The number of rotatable bonds is 1. The summed E-state index contributed by atoms with van der Waals surface area (Å²) in [7, 11) is 1.23. The van der Waals surface area contributed by atoms with Gasteiger partial charge in [-0.1, -0.05) is 0 Å². The second kappa shape index (κ2) is 3.64. The SMILES string of the molecule is COc1cc(C(F)(F)F)nc(Br)c1N. The number of nitrogens with zero attached hydrogens (tertiary/aromatic N) is 1. The van der Waals surface area contributed by atoms with Crippen LogP contribution in [0.25, 0.3) is 0 Å². The van der Waals surface area contributed by atoms with Gasteiger partial charge in [-0.25, -0.2) is 4.98 Å². The monoisotopic (exact) mass is 270 g/mol. The van der Waals surface area contributed by atoms with Crippen molar-refractivity contribution in [3.63, 3.8) is 0 Å². The second-order valence-electron chi connectivity index (χ2n) is 2.41. The molecule has 0 saturated carbocycles. The molecule has 14 heavy (non-hydrogen) atoms. The molecule has 2 N–H and O–H groups in total. The minimum absolute atomic E-state index is 0.0421. The highest BCUT2D eigenvalue weighted by atomic mass is 79.9. The van der Waals surface area contributed by atoms with Crippen molar-refractivity contribution in [1.82, 2.24) is 4.98 Å². The number of alkyl halides is 3. The van der Waals surface area contributed by atoms with Gasteiger partial charge in [-0.3, -0.25) is 0 Å². The number of hydrogen-bond acceptors (Lipinski definition) is 3. The van der Waals surface area contributed by atoms with E-state index in [2.05, 4.69) is 25.7 Å². The Morgan fingerprint density at radius 3 is 2.50 bits per heavy atom. The van der Waals surface area contributed by atoms with Crippen LogP contribution in [-0.4, -0.2) is 12.1 Å². The lowest BCUT2D eigenvalue weighted by Gasteiger charge is -2.10. The molecular formula is C7H6BrF3N2O. The summed E-state index contributed by atoms with van der Waals surface area (Å²) in [6, 6.07) is 0.750.